The van der Waals surface area contributed by atoms with Crippen LogP contribution in [0.1, 0.15) is 10.4 Å². The van der Waals surface area contributed by atoms with Crippen molar-refractivity contribution in [1.82, 2.24) is 0 Å². The van der Waals surface area contributed by atoms with Crippen LogP contribution >= 0.6 is 15.9 Å². The number of Topliss-reactive ketones (excluding diaryl/α,β-unsaturated/α-hetero) is 1. The Kier molecular flexibility index (Phi) is 5.41. The molecule has 0 bridgehead atoms. The van der Waals surface area contributed by atoms with Gasteiger partial charge in [-0.2, -0.15) is 0 Å². The van der Waals surface area contributed by atoms with Gasteiger partial charge in [0.2, 0.25) is 0 Å². The molecule has 0 atom stereocenters. The molecule has 19 heavy (non-hydrogen) atoms. The zero-order chi connectivity index (χ0) is 13.7. The molecule has 1 aromatic rings. The van der Waals surface area contributed by atoms with Crippen LogP contribution < -0.4 is 56.3 Å². The minimum Gasteiger partial charge on any atom is -0.448 e. The Labute approximate surface area is 156 Å². The van der Waals surface area contributed by atoms with Gasteiger partial charge in [-0.15, -0.1) is 0 Å². The van der Waals surface area contributed by atoms with E-state index in [0.29, 0.717) is 0 Å². The fraction of sp³-hybridized carbons (Fsp3) is 0.111. The maximum atomic E-state index is 13.3. The molecule has 3 nitrogen and oxygen atoms in total. The molecular formula is C9H4BBrF4KNO2. The van der Waals surface area contributed by atoms with Gasteiger partial charge in [0.1, 0.15) is 5.82 Å². The summed E-state index contributed by atoms with van der Waals surface area (Å²) in [7, 11) is 0. The number of ketones is 1. The number of nitrogens with zero attached hydrogens (tertiary/aromatic N) is 1. The minimum absolute atomic E-state index is 0. The Hall–Kier alpha value is 0.261. The molecule has 0 saturated carbocycles. The first-order valence-corrected chi connectivity index (χ1v) is 5.56. The second-order valence-corrected chi connectivity index (χ2v) is 4.59. The van der Waals surface area contributed by atoms with E-state index in [1.165, 1.54) is 0 Å². The van der Waals surface area contributed by atoms with E-state index in [-0.39, 0.29) is 72.0 Å². The molecule has 0 aliphatic carbocycles. The van der Waals surface area contributed by atoms with Gasteiger partial charge in [-0.3, -0.25) is 9.59 Å². The Morgan fingerprint density at radius 2 is 1.79 bits per heavy atom. The molecule has 0 fully saturated rings. The largest absolute Gasteiger partial charge is 1.00 e. The molecule has 10 heteroatoms. The average Bonchev–Trinajstić information content (AvgIpc) is 2.44. The summed E-state index contributed by atoms with van der Waals surface area (Å²) >= 11 is 2.80. The molecule has 0 aromatic heterocycles. The summed E-state index contributed by atoms with van der Waals surface area (Å²) in [5, 5.41) is 0. The predicted octanol–water partition coefficient (Wildman–Crippen LogP) is -0.492. The third-order valence-corrected chi connectivity index (χ3v) is 3.01. The van der Waals surface area contributed by atoms with Crippen molar-refractivity contribution in [3.63, 3.8) is 0 Å². The first-order valence-electron chi connectivity index (χ1n) is 4.77. The van der Waals surface area contributed by atoms with E-state index in [2.05, 4.69) is 15.9 Å². The van der Waals surface area contributed by atoms with E-state index in [1.807, 2.05) is 0 Å². The van der Waals surface area contributed by atoms with Crippen molar-refractivity contribution in [2.45, 2.75) is 0 Å². The standard InChI is InChI=1S/C9H4BBrF4NO2.K/c11-5-1-4-7(2-6(5)12)16(3-10(13,14)15)9(18)8(4)17;/h1-2H,3H2;/q-1;+1. The molecule has 96 valence electrons. The van der Waals surface area contributed by atoms with Gasteiger partial charge in [-0.05, 0) is 34.5 Å². The third-order valence-electron chi connectivity index (χ3n) is 2.40. The molecule has 0 saturated heterocycles. The molecule has 2 rings (SSSR count). The topological polar surface area (TPSA) is 37.4 Å². The molecule has 1 aliphatic rings. The average molecular weight is 364 g/mol. The number of anilines is 1. The smallest absolute Gasteiger partial charge is 0.448 e. The van der Waals surface area contributed by atoms with Crippen LogP contribution in [0.4, 0.5) is 23.0 Å². The van der Waals surface area contributed by atoms with Crippen LogP contribution in [0, 0.1) is 5.82 Å². The maximum Gasteiger partial charge on any atom is 1.00 e. The number of hydrogen-bond donors (Lipinski definition) is 0. The second kappa shape index (κ2) is 5.94. The number of benzene rings is 1. The Bertz CT molecular complexity index is 566. The van der Waals surface area contributed by atoms with Gasteiger partial charge in [0.15, 0.2) is 0 Å². The van der Waals surface area contributed by atoms with Gasteiger partial charge in [0.25, 0.3) is 11.7 Å². The fourth-order valence-corrected chi connectivity index (χ4v) is 2.02. The number of rotatable bonds is 2. The van der Waals surface area contributed by atoms with E-state index < -0.39 is 30.9 Å². The molecule has 0 radical (unpaired) electrons. The molecule has 1 amide bonds. The Morgan fingerprint density at radius 3 is 2.32 bits per heavy atom. The molecule has 0 N–H and O–H groups in total. The second-order valence-electron chi connectivity index (χ2n) is 3.74. The fourth-order valence-electron chi connectivity index (χ4n) is 1.68. The van der Waals surface area contributed by atoms with E-state index >= 15 is 0 Å². The monoisotopic (exact) mass is 363 g/mol. The zero-order valence-corrected chi connectivity index (χ0v) is 14.3. The van der Waals surface area contributed by atoms with E-state index in [9.17, 15) is 26.9 Å². The number of hydrogen-bond acceptors (Lipinski definition) is 2. The molecule has 1 aromatic carbocycles. The van der Waals surface area contributed by atoms with Gasteiger partial charge in [-0.25, -0.2) is 4.39 Å². The van der Waals surface area contributed by atoms with E-state index in [4.69, 9.17) is 0 Å². The summed E-state index contributed by atoms with van der Waals surface area (Å²) in [5.74, 6) is -3.19. The quantitative estimate of drug-likeness (QED) is 0.404. The SMILES string of the molecule is O=C1C(=O)N(C[B-](F)(F)F)c2cc(F)c(Br)cc21.[K+]. The summed E-state index contributed by atoms with van der Waals surface area (Å²) in [4.78, 5) is 23.1. The molecule has 0 spiro atoms. The first kappa shape index (κ1) is 17.3. The van der Waals surface area contributed by atoms with Crippen molar-refractivity contribution in [1.29, 1.82) is 0 Å². The van der Waals surface area contributed by atoms with E-state index in [1.54, 1.807) is 0 Å². The number of carbonyl (C=O) groups is 2. The molecular weight excluding hydrogens is 360 g/mol. The van der Waals surface area contributed by atoms with Crippen molar-refractivity contribution in [2.75, 3.05) is 11.3 Å². The predicted molar refractivity (Wildman–Crippen MR) is 59.9 cm³/mol. The van der Waals surface area contributed by atoms with Crippen LogP contribution in [0.3, 0.4) is 0 Å². The van der Waals surface area contributed by atoms with Crippen LogP contribution in [0.15, 0.2) is 16.6 Å². The summed E-state index contributed by atoms with van der Waals surface area (Å²) in [6.45, 7) is -5.30. The van der Waals surface area contributed by atoms with Crippen LogP contribution in [0.25, 0.3) is 0 Å². The van der Waals surface area contributed by atoms with Gasteiger partial charge >= 0.3 is 58.4 Å². The van der Waals surface area contributed by atoms with Gasteiger partial charge < -0.3 is 17.8 Å². The van der Waals surface area contributed by atoms with E-state index in [0.717, 1.165) is 12.1 Å². The van der Waals surface area contributed by atoms with Crippen LogP contribution in [-0.2, 0) is 4.79 Å². The van der Waals surface area contributed by atoms with Crippen molar-refractivity contribution in [2.24, 2.45) is 0 Å². The number of carbonyl (C=O) groups excluding carboxylic acids is 2. The van der Waals surface area contributed by atoms with Gasteiger partial charge in [0, 0.05) is 0 Å². The van der Waals surface area contributed by atoms with Crippen LogP contribution in [0.2, 0.25) is 0 Å². The zero-order valence-electron chi connectivity index (χ0n) is 9.59. The minimum atomic E-state index is -5.30. The maximum absolute atomic E-state index is 13.3. The van der Waals surface area contributed by atoms with Crippen LogP contribution in [0.5, 0.6) is 0 Å². The Morgan fingerprint density at radius 1 is 1.21 bits per heavy atom. The summed E-state index contributed by atoms with van der Waals surface area (Å²) in [6.07, 6.45) is -1.56. The van der Waals surface area contributed by atoms with Crippen LogP contribution in [-0.4, -0.2) is 25.1 Å². The number of fused-ring (bicyclic) bond motifs is 1. The molecule has 1 aliphatic heterocycles. The first-order chi connectivity index (χ1) is 8.20. The Balaban J connectivity index is 0.00000180. The van der Waals surface area contributed by atoms with Crippen molar-refractivity contribution in [3.8, 4) is 0 Å². The van der Waals surface area contributed by atoms with Crippen molar-refractivity contribution in [3.05, 3.63) is 28.0 Å². The number of halogens is 5. The summed E-state index contributed by atoms with van der Waals surface area (Å²) in [5.41, 5.74) is -0.571. The normalized spacial score (nSPS) is 14.5. The van der Waals surface area contributed by atoms with Crippen molar-refractivity contribution < 1.29 is 78.3 Å². The van der Waals surface area contributed by atoms with Crippen molar-refractivity contribution >= 4 is 40.3 Å². The number of amides is 1. The molecule has 0 unspecified atom stereocenters. The third kappa shape index (κ3) is 3.48. The van der Waals surface area contributed by atoms with Gasteiger partial charge in [0.05, 0.1) is 15.7 Å². The summed E-state index contributed by atoms with van der Waals surface area (Å²) in [6, 6.07) is 1.75. The van der Waals surface area contributed by atoms with Gasteiger partial charge in [-0.1, -0.05) is 0 Å². The summed E-state index contributed by atoms with van der Waals surface area (Å²) < 4.78 is 50.2. The molecule has 1 heterocycles.